The summed E-state index contributed by atoms with van der Waals surface area (Å²) in [6.07, 6.45) is 0. The first kappa shape index (κ1) is 20.4. The highest BCUT2D eigenvalue weighted by Crippen LogP contribution is 2.32. The van der Waals surface area contributed by atoms with E-state index < -0.39 is 0 Å². The van der Waals surface area contributed by atoms with Crippen LogP contribution in [0.25, 0.3) is 11.4 Å². The van der Waals surface area contributed by atoms with Crippen LogP contribution in [-0.2, 0) is 11.3 Å². The lowest BCUT2D eigenvalue weighted by Crippen LogP contribution is -2.15. The van der Waals surface area contributed by atoms with Gasteiger partial charge in [-0.05, 0) is 56.2 Å². The Morgan fingerprint density at radius 3 is 2.75 bits per heavy atom. The Kier molecular flexibility index (Phi) is 6.41. The number of nitrogens with one attached hydrogen (secondary N) is 1. The number of benzene rings is 2. The fraction of sp³-hybridized carbons (Fsp3) is 0.250. The molecule has 28 heavy (non-hydrogen) atoms. The molecule has 0 unspecified atom stereocenters. The Morgan fingerprint density at radius 2 is 2.00 bits per heavy atom. The first-order chi connectivity index (χ1) is 13.4. The van der Waals surface area contributed by atoms with Crippen molar-refractivity contribution in [1.29, 1.82) is 0 Å². The molecule has 0 spiro atoms. The molecule has 8 heteroatoms. The predicted molar refractivity (Wildman–Crippen MR) is 116 cm³/mol. The van der Waals surface area contributed by atoms with Crippen molar-refractivity contribution >= 4 is 39.3 Å². The van der Waals surface area contributed by atoms with Gasteiger partial charge in [0.05, 0.1) is 11.3 Å². The molecular weight excluding hydrogens is 440 g/mol. The number of rotatable bonds is 6. The smallest absolute Gasteiger partial charge is 0.234 e. The maximum absolute atomic E-state index is 12.4. The molecule has 0 bridgehead atoms. The van der Waals surface area contributed by atoms with Crippen LogP contribution in [0.15, 0.2) is 46.0 Å². The van der Waals surface area contributed by atoms with Crippen LogP contribution in [0.2, 0.25) is 0 Å². The van der Waals surface area contributed by atoms with Gasteiger partial charge in [0.2, 0.25) is 5.91 Å². The topological polar surface area (TPSA) is 80.0 Å². The number of aromatic hydroxyl groups is 1. The Balaban J connectivity index is 1.75. The molecule has 2 aromatic carbocycles. The molecule has 2 N–H and O–H groups in total. The number of amides is 1. The minimum atomic E-state index is -0.101. The van der Waals surface area contributed by atoms with E-state index in [-0.39, 0.29) is 17.4 Å². The minimum absolute atomic E-state index is 0.101. The Labute approximate surface area is 176 Å². The predicted octanol–water partition coefficient (Wildman–Crippen LogP) is 4.78. The van der Waals surface area contributed by atoms with Crippen molar-refractivity contribution in [1.82, 2.24) is 14.8 Å². The monoisotopic (exact) mass is 460 g/mol. The number of thioether (sulfide) groups is 1. The lowest BCUT2D eigenvalue weighted by Gasteiger charge is -2.10. The van der Waals surface area contributed by atoms with E-state index in [1.165, 1.54) is 11.8 Å². The van der Waals surface area contributed by atoms with E-state index in [4.69, 9.17) is 0 Å². The Bertz CT molecular complexity index is 1020. The number of hydrogen-bond acceptors (Lipinski definition) is 5. The van der Waals surface area contributed by atoms with Gasteiger partial charge in [-0.15, -0.1) is 10.2 Å². The van der Waals surface area contributed by atoms with Crippen molar-refractivity contribution in [2.45, 2.75) is 32.5 Å². The highest BCUT2D eigenvalue weighted by atomic mass is 79.9. The molecule has 0 aliphatic carbocycles. The lowest BCUT2D eigenvalue weighted by molar-refractivity contribution is -0.113. The minimum Gasteiger partial charge on any atom is -0.507 e. The number of carbonyl (C=O) groups excluding carboxylic acids is 1. The zero-order valence-corrected chi connectivity index (χ0v) is 18.3. The number of carbonyl (C=O) groups is 1. The first-order valence-electron chi connectivity index (χ1n) is 8.81. The second kappa shape index (κ2) is 8.79. The number of halogens is 1. The summed E-state index contributed by atoms with van der Waals surface area (Å²) in [5, 5.41) is 22.2. The van der Waals surface area contributed by atoms with E-state index in [2.05, 4.69) is 31.4 Å². The van der Waals surface area contributed by atoms with Crippen LogP contribution in [-0.4, -0.2) is 31.5 Å². The third-order valence-electron chi connectivity index (χ3n) is 4.23. The molecule has 1 heterocycles. The number of phenols is 1. The molecule has 0 radical (unpaired) electrons. The van der Waals surface area contributed by atoms with E-state index >= 15 is 0 Å². The number of nitrogens with zero attached hydrogens (tertiary/aromatic N) is 3. The largest absolute Gasteiger partial charge is 0.507 e. The van der Waals surface area contributed by atoms with Gasteiger partial charge in [0.25, 0.3) is 0 Å². The van der Waals surface area contributed by atoms with Gasteiger partial charge in [0.15, 0.2) is 11.0 Å². The average Bonchev–Trinajstić information content (AvgIpc) is 3.07. The van der Waals surface area contributed by atoms with Crippen LogP contribution in [0.1, 0.15) is 18.1 Å². The zero-order chi connectivity index (χ0) is 20.3. The average molecular weight is 461 g/mol. The highest BCUT2D eigenvalue weighted by molar-refractivity contribution is 9.10. The summed E-state index contributed by atoms with van der Waals surface area (Å²) in [6.45, 7) is 6.55. The molecule has 3 rings (SSSR count). The van der Waals surface area contributed by atoms with Crippen molar-refractivity contribution in [3.63, 3.8) is 0 Å². The number of phenolic OH excluding ortho intramolecular Hbond substituents is 1. The van der Waals surface area contributed by atoms with Gasteiger partial charge in [-0.3, -0.25) is 4.79 Å². The summed E-state index contributed by atoms with van der Waals surface area (Å²) in [5.74, 6) is 0.820. The molecule has 0 fully saturated rings. The highest BCUT2D eigenvalue weighted by Gasteiger charge is 2.17. The quantitative estimate of drug-likeness (QED) is 0.517. The van der Waals surface area contributed by atoms with Gasteiger partial charge in [-0.2, -0.15) is 0 Å². The molecule has 0 saturated carbocycles. The molecule has 146 valence electrons. The Hall–Kier alpha value is -2.32. The molecule has 6 nitrogen and oxygen atoms in total. The van der Waals surface area contributed by atoms with E-state index in [0.717, 1.165) is 21.3 Å². The van der Waals surface area contributed by atoms with Gasteiger partial charge in [0.1, 0.15) is 5.75 Å². The van der Waals surface area contributed by atoms with Crippen LogP contribution in [0, 0.1) is 13.8 Å². The van der Waals surface area contributed by atoms with Gasteiger partial charge in [-0.1, -0.05) is 39.8 Å². The van der Waals surface area contributed by atoms with Crippen molar-refractivity contribution < 1.29 is 9.90 Å². The standard InChI is InChI=1S/C20H21BrN4O2S/c1-4-25-19(15-10-14(21)7-8-17(15)26)23-24-20(25)28-11-18(27)22-16-9-12(2)5-6-13(16)3/h5-10,26H,4,11H2,1-3H3,(H,22,27). The summed E-state index contributed by atoms with van der Waals surface area (Å²) >= 11 is 4.73. The van der Waals surface area contributed by atoms with Gasteiger partial charge < -0.3 is 15.0 Å². The van der Waals surface area contributed by atoms with Crippen molar-refractivity contribution in [2.24, 2.45) is 0 Å². The molecule has 3 aromatic rings. The first-order valence-corrected chi connectivity index (χ1v) is 10.6. The third kappa shape index (κ3) is 4.56. The van der Waals surface area contributed by atoms with E-state index in [1.807, 2.05) is 43.5 Å². The zero-order valence-electron chi connectivity index (χ0n) is 15.9. The number of aromatic nitrogens is 3. The number of anilines is 1. The number of aryl methyl sites for hydroxylation is 2. The van der Waals surface area contributed by atoms with Crippen LogP contribution in [0.4, 0.5) is 5.69 Å². The van der Waals surface area contributed by atoms with Crippen molar-refractivity contribution in [3.05, 3.63) is 52.0 Å². The molecule has 0 saturated heterocycles. The lowest BCUT2D eigenvalue weighted by atomic mass is 10.1. The molecule has 0 aliphatic heterocycles. The molecular formula is C20H21BrN4O2S. The summed E-state index contributed by atoms with van der Waals surface area (Å²) in [4.78, 5) is 12.4. The van der Waals surface area contributed by atoms with Gasteiger partial charge in [-0.25, -0.2) is 0 Å². The summed E-state index contributed by atoms with van der Waals surface area (Å²) < 4.78 is 2.73. The summed E-state index contributed by atoms with van der Waals surface area (Å²) in [6, 6.07) is 11.1. The van der Waals surface area contributed by atoms with Crippen LogP contribution < -0.4 is 5.32 Å². The molecule has 0 aliphatic rings. The van der Waals surface area contributed by atoms with Crippen LogP contribution in [0.3, 0.4) is 0 Å². The molecule has 1 amide bonds. The SMILES string of the molecule is CCn1c(SCC(=O)Nc2cc(C)ccc2C)nnc1-c1cc(Br)ccc1O. The third-order valence-corrected chi connectivity index (χ3v) is 5.69. The maximum atomic E-state index is 12.4. The fourth-order valence-electron chi connectivity index (χ4n) is 2.75. The summed E-state index contributed by atoms with van der Waals surface area (Å²) in [7, 11) is 0. The van der Waals surface area contributed by atoms with Crippen molar-refractivity contribution in [3.8, 4) is 17.1 Å². The number of hydrogen-bond donors (Lipinski definition) is 2. The van der Waals surface area contributed by atoms with E-state index in [1.54, 1.807) is 18.2 Å². The maximum Gasteiger partial charge on any atom is 0.234 e. The van der Waals surface area contributed by atoms with E-state index in [9.17, 15) is 9.90 Å². The molecule has 1 aromatic heterocycles. The van der Waals surface area contributed by atoms with Gasteiger partial charge in [0, 0.05) is 16.7 Å². The second-order valence-corrected chi connectivity index (χ2v) is 8.23. The normalized spacial score (nSPS) is 10.9. The van der Waals surface area contributed by atoms with E-state index in [0.29, 0.717) is 23.1 Å². The fourth-order valence-corrected chi connectivity index (χ4v) is 3.92. The van der Waals surface area contributed by atoms with Crippen molar-refractivity contribution in [2.75, 3.05) is 11.1 Å². The van der Waals surface area contributed by atoms with Crippen LogP contribution in [0.5, 0.6) is 5.75 Å². The second-order valence-electron chi connectivity index (χ2n) is 6.37. The van der Waals surface area contributed by atoms with Gasteiger partial charge >= 0.3 is 0 Å². The van der Waals surface area contributed by atoms with Crippen LogP contribution >= 0.6 is 27.7 Å². The Morgan fingerprint density at radius 1 is 1.21 bits per heavy atom. The molecule has 0 atom stereocenters. The summed E-state index contributed by atoms with van der Waals surface area (Å²) in [5.41, 5.74) is 3.53.